The monoisotopic (exact) mass is 563 g/mol. The van der Waals surface area contributed by atoms with E-state index < -0.39 is 0 Å². The molecule has 4 heterocycles. The number of nitrogens with zero attached hydrogens (tertiary/aromatic N) is 7. The molecule has 0 aliphatic carbocycles. The second-order valence-electron chi connectivity index (χ2n) is 11.8. The van der Waals surface area contributed by atoms with Crippen molar-refractivity contribution in [3.8, 4) is 23.9 Å². The lowest BCUT2D eigenvalue weighted by Crippen LogP contribution is -2.53. The highest BCUT2D eigenvalue weighted by Crippen LogP contribution is 2.36. The first-order valence-electron chi connectivity index (χ1n) is 15.3. The third-order valence-electron chi connectivity index (χ3n) is 9.22. The summed E-state index contributed by atoms with van der Waals surface area (Å²) in [6.45, 7) is 10.5. The van der Waals surface area contributed by atoms with E-state index in [2.05, 4.69) is 87.9 Å². The molecular formula is C34H41N7O. The molecule has 2 fully saturated rings. The Morgan fingerprint density at radius 3 is 2.67 bits per heavy atom. The number of piperazine rings is 1. The van der Waals surface area contributed by atoms with Crippen LogP contribution in [0.3, 0.4) is 0 Å². The molecule has 2 saturated heterocycles. The number of hydrogen-bond acceptors (Lipinski definition) is 8. The summed E-state index contributed by atoms with van der Waals surface area (Å²) in [6, 6.07) is 16.5. The number of aromatic nitrogens is 2. The van der Waals surface area contributed by atoms with E-state index in [1.165, 1.54) is 34.0 Å². The molecule has 2 aromatic carbocycles. The SMILES string of the molecule is CC#CCN1CCN(c2nc(OC[C@@H]3CCCN3C)nc3c2CCN(c2cccc4cccc(C)c24)C3)C[C@@H]1CC#N. The number of aryl methyl sites for hydroxylation is 1. The maximum Gasteiger partial charge on any atom is 0.318 e. The predicted octanol–water partition coefficient (Wildman–Crippen LogP) is 4.40. The molecule has 0 bridgehead atoms. The topological polar surface area (TPSA) is 71.8 Å². The van der Waals surface area contributed by atoms with E-state index in [9.17, 15) is 5.26 Å². The van der Waals surface area contributed by atoms with Crippen LogP contribution in [0.5, 0.6) is 6.01 Å². The first kappa shape index (κ1) is 28.3. The van der Waals surface area contributed by atoms with Gasteiger partial charge in [0.2, 0.25) is 0 Å². The summed E-state index contributed by atoms with van der Waals surface area (Å²) in [5.41, 5.74) is 4.80. The Morgan fingerprint density at radius 2 is 1.88 bits per heavy atom. The number of benzene rings is 2. The first-order valence-corrected chi connectivity index (χ1v) is 15.3. The predicted molar refractivity (Wildman–Crippen MR) is 168 cm³/mol. The van der Waals surface area contributed by atoms with Gasteiger partial charge >= 0.3 is 6.01 Å². The highest BCUT2D eigenvalue weighted by atomic mass is 16.5. The average Bonchev–Trinajstić information content (AvgIpc) is 3.43. The summed E-state index contributed by atoms with van der Waals surface area (Å²) in [7, 11) is 2.17. The van der Waals surface area contributed by atoms with Crippen molar-refractivity contribution >= 4 is 22.3 Å². The molecule has 0 N–H and O–H groups in total. The third-order valence-corrected chi connectivity index (χ3v) is 9.22. The van der Waals surface area contributed by atoms with Crippen LogP contribution in [-0.4, -0.2) is 84.8 Å². The largest absolute Gasteiger partial charge is 0.462 e. The normalized spacial score (nSPS) is 21.1. The Balaban J connectivity index is 1.33. The zero-order valence-corrected chi connectivity index (χ0v) is 25.1. The van der Waals surface area contributed by atoms with E-state index >= 15 is 0 Å². The standard InChI is InChI=1S/C34H41N7O/c1-4-5-18-39-20-21-41(22-27(39)14-16-35)33-29-15-19-40(31-13-7-11-26-10-6-9-25(2)32(26)31)23-30(29)36-34(37-33)42-24-28-12-8-17-38(28)3/h6-7,9-11,13,27-28H,8,12,14-15,17-24H2,1-3H3/t27-,28-/m0/s1. The molecule has 2 atom stereocenters. The summed E-state index contributed by atoms with van der Waals surface area (Å²) in [5, 5.41) is 12.2. The minimum absolute atomic E-state index is 0.116. The summed E-state index contributed by atoms with van der Waals surface area (Å²) in [4.78, 5) is 19.6. The maximum absolute atomic E-state index is 9.60. The molecule has 1 aromatic heterocycles. The fraction of sp³-hybridized carbons (Fsp3) is 0.500. The van der Waals surface area contributed by atoms with Crippen molar-refractivity contribution in [3.05, 3.63) is 53.2 Å². The fourth-order valence-corrected chi connectivity index (χ4v) is 6.82. The van der Waals surface area contributed by atoms with Crippen LogP contribution in [0, 0.1) is 30.1 Å². The maximum atomic E-state index is 9.60. The minimum atomic E-state index is 0.116. The second kappa shape index (κ2) is 12.6. The van der Waals surface area contributed by atoms with Gasteiger partial charge in [-0.1, -0.05) is 36.3 Å². The van der Waals surface area contributed by atoms with Crippen molar-refractivity contribution in [1.29, 1.82) is 5.26 Å². The van der Waals surface area contributed by atoms with Crippen LogP contribution in [0.15, 0.2) is 36.4 Å². The van der Waals surface area contributed by atoms with Crippen molar-refractivity contribution in [2.24, 2.45) is 0 Å². The molecule has 3 aromatic rings. The molecule has 218 valence electrons. The van der Waals surface area contributed by atoms with E-state index in [4.69, 9.17) is 14.7 Å². The Labute approximate surface area is 249 Å². The molecule has 0 saturated carbocycles. The van der Waals surface area contributed by atoms with E-state index in [1.807, 2.05) is 6.92 Å². The number of fused-ring (bicyclic) bond motifs is 2. The van der Waals surface area contributed by atoms with Crippen molar-refractivity contribution in [2.75, 3.05) is 62.7 Å². The highest BCUT2D eigenvalue weighted by molar-refractivity contribution is 5.97. The molecule has 0 spiro atoms. The van der Waals surface area contributed by atoms with Crippen LogP contribution >= 0.6 is 0 Å². The first-order chi connectivity index (χ1) is 20.6. The molecule has 3 aliphatic heterocycles. The van der Waals surface area contributed by atoms with Gasteiger partial charge in [-0.2, -0.15) is 15.2 Å². The fourth-order valence-electron chi connectivity index (χ4n) is 6.82. The highest BCUT2D eigenvalue weighted by Gasteiger charge is 2.32. The molecule has 8 heteroatoms. The summed E-state index contributed by atoms with van der Waals surface area (Å²) in [6.07, 6.45) is 3.68. The van der Waals surface area contributed by atoms with Gasteiger partial charge in [0.1, 0.15) is 12.4 Å². The lowest BCUT2D eigenvalue weighted by molar-refractivity contribution is 0.186. The van der Waals surface area contributed by atoms with Gasteiger partial charge in [-0.3, -0.25) is 4.90 Å². The van der Waals surface area contributed by atoms with Crippen LogP contribution in [0.4, 0.5) is 11.5 Å². The zero-order valence-electron chi connectivity index (χ0n) is 25.1. The van der Waals surface area contributed by atoms with Gasteiger partial charge < -0.3 is 19.4 Å². The van der Waals surface area contributed by atoms with Crippen molar-refractivity contribution in [2.45, 2.75) is 58.2 Å². The van der Waals surface area contributed by atoms with Gasteiger partial charge in [0.25, 0.3) is 0 Å². The second-order valence-corrected chi connectivity index (χ2v) is 11.8. The van der Waals surface area contributed by atoms with Gasteiger partial charge in [-0.05, 0) is 63.7 Å². The zero-order chi connectivity index (χ0) is 29.1. The summed E-state index contributed by atoms with van der Waals surface area (Å²) >= 11 is 0. The van der Waals surface area contributed by atoms with Gasteiger partial charge in [-0.15, -0.1) is 5.92 Å². The molecule has 0 unspecified atom stereocenters. The molecule has 0 radical (unpaired) electrons. The Hall–Kier alpha value is -3.85. The lowest BCUT2D eigenvalue weighted by Gasteiger charge is -2.42. The molecule has 0 amide bonds. The van der Waals surface area contributed by atoms with Crippen molar-refractivity contribution in [3.63, 3.8) is 0 Å². The Kier molecular flexibility index (Phi) is 8.46. The number of likely N-dealkylation sites (N-methyl/N-ethyl adjacent to an activating group) is 1. The van der Waals surface area contributed by atoms with E-state index in [-0.39, 0.29) is 6.04 Å². The molecule has 3 aliphatic rings. The molecule has 8 nitrogen and oxygen atoms in total. The number of hydrogen-bond donors (Lipinski definition) is 0. The van der Waals surface area contributed by atoms with Crippen LogP contribution in [-0.2, 0) is 13.0 Å². The van der Waals surface area contributed by atoms with Crippen LogP contribution in [0.25, 0.3) is 10.8 Å². The number of ether oxygens (including phenoxy) is 1. The minimum Gasteiger partial charge on any atom is -0.462 e. The summed E-state index contributed by atoms with van der Waals surface area (Å²) < 4.78 is 6.35. The van der Waals surface area contributed by atoms with Gasteiger partial charge in [0, 0.05) is 54.9 Å². The van der Waals surface area contributed by atoms with E-state index in [0.717, 1.165) is 57.1 Å². The van der Waals surface area contributed by atoms with E-state index in [0.29, 0.717) is 38.2 Å². The molecule has 42 heavy (non-hydrogen) atoms. The quantitative estimate of drug-likeness (QED) is 0.392. The Bertz CT molecular complexity index is 1530. The average molecular weight is 564 g/mol. The van der Waals surface area contributed by atoms with Crippen LogP contribution in [0.1, 0.15) is 43.0 Å². The molecule has 6 rings (SSSR count). The van der Waals surface area contributed by atoms with Crippen molar-refractivity contribution in [1.82, 2.24) is 19.8 Å². The van der Waals surface area contributed by atoms with Crippen molar-refractivity contribution < 1.29 is 4.74 Å². The Morgan fingerprint density at radius 1 is 1.02 bits per heavy atom. The summed E-state index contributed by atoms with van der Waals surface area (Å²) in [5.74, 6) is 7.18. The van der Waals surface area contributed by atoms with Gasteiger partial charge in [-0.25, -0.2) is 0 Å². The number of nitriles is 1. The smallest absolute Gasteiger partial charge is 0.318 e. The molecular weight excluding hydrogens is 522 g/mol. The third kappa shape index (κ3) is 5.75. The number of likely N-dealkylation sites (tertiary alicyclic amines) is 1. The lowest BCUT2D eigenvalue weighted by atomic mass is 9.99. The van der Waals surface area contributed by atoms with Crippen LogP contribution < -0.4 is 14.5 Å². The van der Waals surface area contributed by atoms with Crippen LogP contribution in [0.2, 0.25) is 0 Å². The van der Waals surface area contributed by atoms with Gasteiger partial charge in [0.15, 0.2) is 0 Å². The van der Waals surface area contributed by atoms with E-state index in [1.54, 1.807) is 0 Å². The number of anilines is 2. The van der Waals surface area contributed by atoms with Gasteiger partial charge in [0.05, 0.1) is 31.3 Å². The number of rotatable bonds is 7.